The largest absolute Gasteiger partial charge is 0.352 e. The number of halogens is 1. The first kappa shape index (κ1) is 18.9. The SMILES string of the molecule is CNCCC(=O)NCc1ccc(C2(C)NC(=O)NC2=O)cc1.Cl. The summed E-state index contributed by atoms with van der Waals surface area (Å²) < 4.78 is 0. The van der Waals surface area contributed by atoms with E-state index in [-0.39, 0.29) is 24.2 Å². The van der Waals surface area contributed by atoms with Crippen LogP contribution in [0.25, 0.3) is 0 Å². The van der Waals surface area contributed by atoms with E-state index in [1.807, 2.05) is 12.1 Å². The Hall–Kier alpha value is -2.12. The van der Waals surface area contributed by atoms with Gasteiger partial charge < -0.3 is 16.0 Å². The zero-order chi connectivity index (χ0) is 16.2. The van der Waals surface area contributed by atoms with Crippen molar-refractivity contribution in [3.05, 3.63) is 35.4 Å². The maximum Gasteiger partial charge on any atom is 0.322 e. The van der Waals surface area contributed by atoms with Crippen LogP contribution in [0.2, 0.25) is 0 Å². The summed E-state index contributed by atoms with van der Waals surface area (Å²) in [6.07, 6.45) is 0.429. The fourth-order valence-electron chi connectivity index (χ4n) is 2.23. The molecule has 4 amide bonds. The third-order valence-electron chi connectivity index (χ3n) is 3.67. The van der Waals surface area contributed by atoms with Crippen molar-refractivity contribution < 1.29 is 14.4 Å². The van der Waals surface area contributed by atoms with E-state index < -0.39 is 11.6 Å². The minimum atomic E-state index is -1.05. The molecule has 1 heterocycles. The molecule has 0 aromatic heterocycles. The molecule has 0 saturated carbocycles. The molecule has 23 heavy (non-hydrogen) atoms. The molecule has 126 valence electrons. The average molecular weight is 341 g/mol. The minimum Gasteiger partial charge on any atom is -0.352 e. The number of carbonyl (C=O) groups is 3. The van der Waals surface area contributed by atoms with E-state index in [1.54, 1.807) is 26.1 Å². The highest BCUT2D eigenvalue weighted by atomic mass is 35.5. The zero-order valence-electron chi connectivity index (χ0n) is 13.1. The van der Waals surface area contributed by atoms with Crippen LogP contribution in [0.4, 0.5) is 4.79 Å². The topological polar surface area (TPSA) is 99.3 Å². The van der Waals surface area contributed by atoms with E-state index in [1.165, 1.54) is 0 Å². The Morgan fingerprint density at radius 2 is 1.87 bits per heavy atom. The summed E-state index contributed by atoms with van der Waals surface area (Å²) in [4.78, 5) is 34.7. The van der Waals surface area contributed by atoms with Crippen molar-refractivity contribution >= 4 is 30.3 Å². The first-order valence-corrected chi connectivity index (χ1v) is 7.10. The lowest BCUT2D eigenvalue weighted by Crippen LogP contribution is -2.40. The standard InChI is InChI=1S/C15H20N4O3.ClH/c1-15(13(21)18-14(22)19-15)11-5-3-10(4-6-11)9-17-12(20)7-8-16-2;/h3-6,16H,7-9H2,1-2H3,(H,17,20)(H2,18,19,21,22);1H. The van der Waals surface area contributed by atoms with Gasteiger partial charge in [-0.15, -0.1) is 12.4 Å². The highest BCUT2D eigenvalue weighted by molar-refractivity contribution is 6.07. The molecule has 2 rings (SSSR count). The van der Waals surface area contributed by atoms with Crippen LogP contribution in [-0.4, -0.2) is 31.4 Å². The van der Waals surface area contributed by atoms with Gasteiger partial charge in [0.1, 0.15) is 5.54 Å². The maximum atomic E-state index is 11.8. The van der Waals surface area contributed by atoms with Gasteiger partial charge in [-0.3, -0.25) is 14.9 Å². The van der Waals surface area contributed by atoms with Crippen LogP contribution >= 0.6 is 12.4 Å². The zero-order valence-corrected chi connectivity index (χ0v) is 13.9. The van der Waals surface area contributed by atoms with Crippen LogP contribution in [0, 0.1) is 0 Å². The van der Waals surface area contributed by atoms with Crippen molar-refractivity contribution in [2.45, 2.75) is 25.4 Å². The number of hydrogen-bond acceptors (Lipinski definition) is 4. The van der Waals surface area contributed by atoms with Crippen LogP contribution in [0.1, 0.15) is 24.5 Å². The van der Waals surface area contributed by atoms with Crippen molar-refractivity contribution in [3.8, 4) is 0 Å². The van der Waals surface area contributed by atoms with E-state index in [2.05, 4.69) is 21.3 Å². The molecule has 1 aliphatic heterocycles. The van der Waals surface area contributed by atoms with Crippen LogP contribution in [0.15, 0.2) is 24.3 Å². The number of urea groups is 1. The van der Waals surface area contributed by atoms with Gasteiger partial charge in [-0.1, -0.05) is 24.3 Å². The summed E-state index contributed by atoms with van der Waals surface area (Å²) in [6, 6.07) is 6.72. The molecule has 8 heteroatoms. The van der Waals surface area contributed by atoms with Crippen molar-refractivity contribution in [3.63, 3.8) is 0 Å². The smallest absolute Gasteiger partial charge is 0.322 e. The predicted octanol–water partition coefficient (Wildman–Crippen LogP) is 0.389. The second-order valence-corrected chi connectivity index (χ2v) is 5.36. The average Bonchev–Trinajstić information content (AvgIpc) is 2.77. The van der Waals surface area contributed by atoms with Gasteiger partial charge in [0.25, 0.3) is 5.91 Å². The van der Waals surface area contributed by atoms with E-state index in [0.717, 1.165) is 5.56 Å². The number of amides is 4. The Morgan fingerprint density at radius 1 is 1.22 bits per heavy atom. The molecule has 4 N–H and O–H groups in total. The van der Waals surface area contributed by atoms with Gasteiger partial charge in [0.05, 0.1) is 0 Å². The lowest BCUT2D eigenvalue weighted by molar-refractivity contribution is -0.123. The first-order valence-electron chi connectivity index (χ1n) is 7.10. The molecule has 1 saturated heterocycles. The minimum absolute atomic E-state index is 0. The molecule has 0 spiro atoms. The number of nitrogens with one attached hydrogen (secondary N) is 4. The molecule has 1 aromatic carbocycles. The lowest BCUT2D eigenvalue weighted by Gasteiger charge is -2.21. The Morgan fingerprint density at radius 3 is 2.39 bits per heavy atom. The van der Waals surface area contributed by atoms with Crippen LogP contribution in [0.3, 0.4) is 0 Å². The molecule has 1 aromatic rings. The molecule has 1 fully saturated rings. The fourth-order valence-corrected chi connectivity index (χ4v) is 2.23. The summed E-state index contributed by atoms with van der Waals surface area (Å²) in [5.41, 5.74) is 0.571. The molecule has 7 nitrogen and oxygen atoms in total. The van der Waals surface area contributed by atoms with Gasteiger partial charge in [-0.25, -0.2) is 4.79 Å². The maximum absolute atomic E-state index is 11.8. The van der Waals surface area contributed by atoms with Gasteiger partial charge in [-0.05, 0) is 25.1 Å². The number of imide groups is 1. The third-order valence-corrected chi connectivity index (χ3v) is 3.67. The highest BCUT2D eigenvalue weighted by Crippen LogP contribution is 2.24. The van der Waals surface area contributed by atoms with E-state index in [4.69, 9.17) is 0 Å². The summed E-state index contributed by atoms with van der Waals surface area (Å²) in [7, 11) is 1.80. The molecule has 1 unspecified atom stereocenters. The van der Waals surface area contributed by atoms with Crippen LogP contribution in [0.5, 0.6) is 0 Å². The first-order chi connectivity index (χ1) is 10.5. The van der Waals surface area contributed by atoms with E-state index in [0.29, 0.717) is 25.1 Å². The molecule has 0 bridgehead atoms. The summed E-state index contributed by atoms with van der Waals surface area (Å²) in [5, 5.41) is 10.6. The molecule has 0 radical (unpaired) electrons. The Bertz CT molecular complexity index is 591. The Labute approximate surface area is 141 Å². The second-order valence-electron chi connectivity index (χ2n) is 5.36. The van der Waals surface area contributed by atoms with Crippen LogP contribution in [-0.2, 0) is 21.7 Å². The van der Waals surface area contributed by atoms with Crippen molar-refractivity contribution in [1.82, 2.24) is 21.3 Å². The Balaban J connectivity index is 0.00000264. The highest BCUT2D eigenvalue weighted by Gasteiger charge is 2.43. The third kappa shape index (κ3) is 4.43. The van der Waals surface area contributed by atoms with Crippen LogP contribution < -0.4 is 21.3 Å². The number of hydrogen-bond donors (Lipinski definition) is 4. The molecule has 1 aliphatic rings. The van der Waals surface area contributed by atoms with E-state index in [9.17, 15) is 14.4 Å². The number of rotatable bonds is 6. The molecule has 1 atom stereocenters. The van der Waals surface area contributed by atoms with Gasteiger partial charge in [0.15, 0.2) is 0 Å². The second kappa shape index (κ2) is 7.94. The molecular formula is C15H21ClN4O3. The lowest BCUT2D eigenvalue weighted by atomic mass is 9.91. The number of benzene rings is 1. The summed E-state index contributed by atoms with van der Waals surface area (Å²) >= 11 is 0. The van der Waals surface area contributed by atoms with Crippen molar-refractivity contribution in [1.29, 1.82) is 0 Å². The van der Waals surface area contributed by atoms with Gasteiger partial charge in [0, 0.05) is 19.5 Å². The fraction of sp³-hybridized carbons (Fsp3) is 0.400. The Kier molecular flexibility index (Phi) is 6.53. The summed E-state index contributed by atoms with van der Waals surface area (Å²) in [6.45, 7) is 2.72. The van der Waals surface area contributed by atoms with Gasteiger partial charge >= 0.3 is 6.03 Å². The molecule has 0 aliphatic carbocycles. The van der Waals surface area contributed by atoms with Crippen molar-refractivity contribution in [2.24, 2.45) is 0 Å². The molecular weight excluding hydrogens is 320 g/mol. The summed E-state index contributed by atoms with van der Waals surface area (Å²) in [5.74, 6) is -0.390. The number of carbonyl (C=O) groups excluding carboxylic acids is 3. The normalized spacial score (nSPS) is 19.6. The quantitative estimate of drug-likeness (QED) is 0.563. The predicted molar refractivity (Wildman–Crippen MR) is 88.1 cm³/mol. The van der Waals surface area contributed by atoms with E-state index >= 15 is 0 Å². The van der Waals surface area contributed by atoms with Crippen molar-refractivity contribution in [2.75, 3.05) is 13.6 Å². The van der Waals surface area contributed by atoms with Gasteiger partial charge in [-0.2, -0.15) is 0 Å². The van der Waals surface area contributed by atoms with Gasteiger partial charge in [0.2, 0.25) is 5.91 Å². The monoisotopic (exact) mass is 340 g/mol.